The fourth-order valence-corrected chi connectivity index (χ4v) is 1.33. The number of nitrogens with two attached hydrogens (primary N) is 1. The highest BCUT2D eigenvalue weighted by Gasteiger charge is 2.08. The summed E-state index contributed by atoms with van der Waals surface area (Å²) >= 11 is 0. The molecule has 18 heavy (non-hydrogen) atoms. The van der Waals surface area contributed by atoms with Gasteiger partial charge in [0.25, 0.3) is 5.91 Å². The molecular weight excluding hydrogens is 232 g/mol. The average Bonchev–Trinajstić information content (AvgIpc) is 2.40. The molecule has 2 rings (SSSR count). The van der Waals surface area contributed by atoms with Crippen molar-refractivity contribution < 1.29 is 9.53 Å². The molecule has 0 bridgehead atoms. The molecule has 0 atom stereocenters. The van der Waals surface area contributed by atoms with Gasteiger partial charge in [-0.05, 0) is 36.4 Å². The van der Waals surface area contributed by atoms with E-state index in [-0.39, 0.29) is 17.4 Å². The lowest BCUT2D eigenvalue weighted by Crippen LogP contribution is -2.14. The summed E-state index contributed by atoms with van der Waals surface area (Å²) < 4.78 is 5.02. The first-order valence-electron chi connectivity index (χ1n) is 5.23. The van der Waals surface area contributed by atoms with E-state index in [2.05, 4.69) is 15.5 Å². The number of anilines is 2. The summed E-state index contributed by atoms with van der Waals surface area (Å²) in [6, 6.07) is 10.0. The molecule has 0 aliphatic carbocycles. The molecule has 1 aromatic heterocycles. The Morgan fingerprint density at radius 1 is 1.17 bits per heavy atom. The lowest BCUT2D eigenvalue weighted by Gasteiger charge is -2.05. The number of carbonyl (C=O) groups excluding carboxylic acids is 1. The van der Waals surface area contributed by atoms with E-state index in [1.54, 1.807) is 31.4 Å². The van der Waals surface area contributed by atoms with E-state index in [1.807, 2.05) is 0 Å². The topological polar surface area (TPSA) is 90.1 Å². The summed E-state index contributed by atoms with van der Waals surface area (Å²) in [4.78, 5) is 11.8. The predicted octanol–water partition coefficient (Wildman–Crippen LogP) is 1.32. The number of hydrogen-bond donors (Lipinski definition) is 2. The number of carbonyl (C=O) groups is 1. The van der Waals surface area contributed by atoms with Gasteiger partial charge in [-0.25, -0.2) is 0 Å². The number of hydrogen-bond acceptors (Lipinski definition) is 5. The predicted molar refractivity (Wildman–Crippen MR) is 67.4 cm³/mol. The first kappa shape index (κ1) is 11.8. The van der Waals surface area contributed by atoms with Gasteiger partial charge in [0.1, 0.15) is 11.6 Å². The van der Waals surface area contributed by atoms with Crippen molar-refractivity contribution in [1.29, 1.82) is 0 Å². The second-order valence-corrected chi connectivity index (χ2v) is 3.53. The number of ether oxygens (including phenoxy) is 1. The van der Waals surface area contributed by atoms with Crippen molar-refractivity contribution in [3.05, 3.63) is 42.1 Å². The summed E-state index contributed by atoms with van der Waals surface area (Å²) in [5.74, 6) is 0.656. The number of amides is 1. The van der Waals surface area contributed by atoms with E-state index < -0.39 is 0 Å². The third-order valence-electron chi connectivity index (χ3n) is 2.27. The molecule has 1 amide bonds. The minimum atomic E-state index is -0.340. The van der Waals surface area contributed by atoms with Crippen molar-refractivity contribution in [2.45, 2.75) is 0 Å². The highest BCUT2D eigenvalue weighted by Crippen LogP contribution is 2.15. The molecule has 0 spiro atoms. The third-order valence-corrected chi connectivity index (χ3v) is 2.27. The zero-order valence-corrected chi connectivity index (χ0v) is 9.75. The Labute approximate surface area is 104 Å². The molecule has 92 valence electrons. The van der Waals surface area contributed by atoms with Crippen molar-refractivity contribution in [3.8, 4) is 5.75 Å². The van der Waals surface area contributed by atoms with Crippen LogP contribution in [0.1, 0.15) is 10.5 Å². The lowest BCUT2D eigenvalue weighted by atomic mass is 10.3. The molecular formula is C12H12N4O2. The highest BCUT2D eigenvalue weighted by atomic mass is 16.5. The SMILES string of the molecule is COc1ccc(NC(=O)c2ccc(N)nn2)cc1. The third kappa shape index (κ3) is 2.73. The maximum Gasteiger partial charge on any atom is 0.276 e. The molecule has 0 aliphatic rings. The Hall–Kier alpha value is -2.63. The van der Waals surface area contributed by atoms with Gasteiger partial charge < -0.3 is 15.8 Å². The number of rotatable bonds is 3. The average molecular weight is 244 g/mol. The van der Waals surface area contributed by atoms with Crippen LogP contribution in [0.25, 0.3) is 0 Å². The van der Waals surface area contributed by atoms with Crippen LogP contribution >= 0.6 is 0 Å². The van der Waals surface area contributed by atoms with Crippen molar-refractivity contribution in [1.82, 2.24) is 10.2 Å². The molecule has 6 heteroatoms. The Kier molecular flexibility index (Phi) is 3.38. The fourth-order valence-electron chi connectivity index (χ4n) is 1.33. The molecule has 3 N–H and O–H groups in total. The van der Waals surface area contributed by atoms with E-state index in [0.29, 0.717) is 5.69 Å². The molecule has 0 radical (unpaired) electrons. The van der Waals surface area contributed by atoms with Crippen LogP contribution in [0.2, 0.25) is 0 Å². The molecule has 0 saturated carbocycles. The molecule has 1 aromatic carbocycles. The van der Waals surface area contributed by atoms with Gasteiger partial charge in [-0.2, -0.15) is 0 Å². The van der Waals surface area contributed by atoms with Crippen LogP contribution in [0.5, 0.6) is 5.75 Å². The Morgan fingerprint density at radius 3 is 2.44 bits per heavy atom. The number of benzene rings is 1. The van der Waals surface area contributed by atoms with E-state index in [1.165, 1.54) is 12.1 Å². The van der Waals surface area contributed by atoms with E-state index in [9.17, 15) is 4.79 Å². The van der Waals surface area contributed by atoms with Gasteiger partial charge in [-0.3, -0.25) is 4.79 Å². The second kappa shape index (κ2) is 5.13. The molecule has 2 aromatic rings. The van der Waals surface area contributed by atoms with Crippen molar-refractivity contribution >= 4 is 17.4 Å². The van der Waals surface area contributed by atoms with Crippen molar-refractivity contribution in [2.24, 2.45) is 0 Å². The largest absolute Gasteiger partial charge is 0.497 e. The van der Waals surface area contributed by atoms with Gasteiger partial charge in [0.2, 0.25) is 0 Å². The normalized spacial score (nSPS) is 9.83. The first-order chi connectivity index (χ1) is 8.69. The van der Waals surface area contributed by atoms with E-state index in [4.69, 9.17) is 10.5 Å². The number of nitrogens with zero attached hydrogens (tertiary/aromatic N) is 2. The van der Waals surface area contributed by atoms with Crippen LogP contribution in [0, 0.1) is 0 Å². The summed E-state index contributed by atoms with van der Waals surface area (Å²) in [6.45, 7) is 0. The van der Waals surface area contributed by atoms with Gasteiger partial charge in [-0.15, -0.1) is 10.2 Å². The second-order valence-electron chi connectivity index (χ2n) is 3.53. The van der Waals surface area contributed by atoms with E-state index in [0.717, 1.165) is 5.75 Å². The highest BCUT2D eigenvalue weighted by molar-refractivity contribution is 6.02. The summed E-state index contributed by atoms with van der Waals surface area (Å²) in [7, 11) is 1.58. The van der Waals surface area contributed by atoms with Gasteiger partial charge in [-0.1, -0.05) is 0 Å². The minimum absolute atomic E-state index is 0.208. The maximum absolute atomic E-state index is 11.8. The van der Waals surface area contributed by atoms with Crippen molar-refractivity contribution in [2.75, 3.05) is 18.2 Å². The zero-order valence-electron chi connectivity index (χ0n) is 9.75. The van der Waals surface area contributed by atoms with Crippen LogP contribution in [0.4, 0.5) is 11.5 Å². The van der Waals surface area contributed by atoms with Gasteiger partial charge in [0, 0.05) is 5.69 Å². The maximum atomic E-state index is 11.8. The number of aromatic nitrogens is 2. The first-order valence-corrected chi connectivity index (χ1v) is 5.23. The van der Waals surface area contributed by atoms with E-state index >= 15 is 0 Å². The summed E-state index contributed by atoms with van der Waals surface area (Å²) in [6.07, 6.45) is 0. The van der Waals surface area contributed by atoms with Gasteiger partial charge in [0.05, 0.1) is 7.11 Å². The number of nitrogen functional groups attached to an aromatic ring is 1. The van der Waals surface area contributed by atoms with Crippen LogP contribution in [-0.2, 0) is 0 Å². The van der Waals surface area contributed by atoms with Crippen LogP contribution < -0.4 is 15.8 Å². The molecule has 0 unspecified atom stereocenters. The number of nitrogens with one attached hydrogen (secondary N) is 1. The van der Waals surface area contributed by atoms with Gasteiger partial charge >= 0.3 is 0 Å². The standard InChI is InChI=1S/C12H12N4O2/c1-18-9-4-2-8(3-5-9)14-12(17)10-6-7-11(13)16-15-10/h2-7H,1H3,(H2,13,16)(H,14,17). The number of methoxy groups -OCH3 is 1. The quantitative estimate of drug-likeness (QED) is 0.849. The molecule has 0 aliphatic heterocycles. The lowest BCUT2D eigenvalue weighted by molar-refractivity contribution is 0.102. The van der Waals surface area contributed by atoms with Crippen molar-refractivity contribution in [3.63, 3.8) is 0 Å². The summed E-state index contributed by atoms with van der Waals surface area (Å²) in [5, 5.41) is 10.0. The molecule has 6 nitrogen and oxygen atoms in total. The Bertz CT molecular complexity index is 537. The monoisotopic (exact) mass is 244 g/mol. The smallest absolute Gasteiger partial charge is 0.276 e. The fraction of sp³-hybridized carbons (Fsp3) is 0.0833. The minimum Gasteiger partial charge on any atom is -0.497 e. The summed E-state index contributed by atoms with van der Waals surface area (Å²) in [5.41, 5.74) is 6.25. The Balaban J connectivity index is 2.08. The van der Waals surface area contributed by atoms with Crippen LogP contribution in [-0.4, -0.2) is 23.2 Å². The molecule has 1 heterocycles. The van der Waals surface area contributed by atoms with Crippen LogP contribution in [0.3, 0.4) is 0 Å². The Morgan fingerprint density at radius 2 is 1.89 bits per heavy atom. The molecule has 0 fully saturated rings. The zero-order chi connectivity index (χ0) is 13.0. The molecule has 0 saturated heterocycles. The van der Waals surface area contributed by atoms with Gasteiger partial charge in [0.15, 0.2) is 5.69 Å². The van der Waals surface area contributed by atoms with Crippen LogP contribution in [0.15, 0.2) is 36.4 Å².